The van der Waals surface area contributed by atoms with Gasteiger partial charge in [0.25, 0.3) is 0 Å². The SMILES string of the molecule is CCC1(c2ccno2)C=CC(=O)CC1(Br)c1ccc(O)cc1. The molecule has 1 aromatic carbocycles. The second-order valence-electron chi connectivity index (χ2n) is 5.53. The first-order valence-electron chi connectivity index (χ1n) is 7.13. The van der Waals surface area contributed by atoms with Crippen molar-refractivity contribution in [2.24, 2.45) is 0 Å². The van der Waals surface area contributed by atoms with E-state index in [9.17, 15) is 9.90 Å². The Kier molecular flexibility index (Phi) is 3.68. The predicted molar refractivity (Wildman–Crippen MR) is 85.9 cm³/mol. The van der Waals surface area contributed by atoms with Crippen molar-refractivity contribution >= 4 is 21.7 Å². The van der Waals surface area contributed by atoms with Crippen molar-refractivity contribution in [3.8, 4) is 5.75 Å². The van der Waals surface area contributed by atoms with E-state index in [1.54, 1.807) is 24.4 Å². The Morgan fingerprint density at radius 3 is 2.64 bits per heavy atom. The Hall–Kier alpha value is -1.88. The van der Waals surface area contributed by atoms with Gasteiger partial charge in [0, 0.05) is 12.5 Å². The molecule has 1 heterocycles. The highest BCUT2D eigenvalue weighted by Gasteiger charge is 2.54. The maximum Gasteiger partial charge on any atom is 0.157 e. The average molecular weight is 362 g/mol. The van der Waals surface area contributed by atoms with Gasteiger partial charge in [-0.1, -0.05) is 46.2 Å². The number of phenolic OH excluding ortho intramolecular Hbond substituents is 1. The third kappa shape index (κ3) is 2.11. The predicted octanol–water partition coefficient (Wildman–Crippen LogP) is 3.85. The van der Waals surface area contributed by atoms with Gasteiger partial charge in [-0.15, -0.1) is 0 Å². The number of hydrogen-bond donors (Lipinski definition) is 1. The average Bonchev–Trinajstić information content (AvgIpc) is 3.03. The largest absolute Gasteiger partial charge is 0.508 e. The molecule has 0 radical (unpaired) electrons. The fourth-order valence-corrected chi connectivity index (χ4v) is 4.35. The third-order valence-corrected chi connectivity index (χ3v) is 5.88. The van der Waals surface area contributed by atoms with Gasteiger partial charge in [-0.25, -0.2) is 0 Å². The summed E-state index contributed by atoms with van der Waals surface area (Å²) in [6.07, 6.45) is 6.18. The molecule has 114 valence electrons. The van der Waals surface area contributed by atoms with Gasteiger partial charge in [-0.2, -0.15) is 0 Å². The number of alkyl halides is 1. The number of aromatic nitrogens is 1. The molecule has 1 aromatic heterocycles. The topological polar surface area (TPSA) is 63.3 Å². The van der Waals surface area contributed by atoms with Crippen molar-refractivity contribution in [1.29, 1.82) is 0 Å². The quantitative estimate of drug-likeness (QED) is 0.843. The first kappa shape index (κ1) is 15.0. The van der Waals surface area contributed by atoms with E-state index >= 15 is 0 Å². The van der Waals surface area contributed by atoms with Crippen molar-refractivity contribution in [3.63, 3.8) is 0 Å². The van der Waals surface area contributed by atoms with Gasteiger partial charge in [0.05, 0.1) is 15.9 Å². The zero-order chi connectivity index (χ0) is 15.8. The van der Waals surface area contributed by atoms with E-state index in [0.29, 0.717) is 12.2 Å². The lowest BCUT2D eigenvalue weighted by Gasteiger charge is -2.45. The molecular weight excluding hydrogens is 346 g/mol. The Morgan fingerprint density at radius 1 is 1.32 bits per heavy atom. The van der Waals surface area contributed by atoms with Gasteiger partial charge in [0.15, 0.2) is 5.78 Å². The Labute approximate surface area is 137 Å². The van der Waals surface area contributed by atoms with Crippen LogP contribution < -0.4 is 0 Å². The fraction of sp³-hybridized carbons (Fsp3) is 0.294. The lowest BCUT2D eigenvalue weighted by molar-refractivity contribution is -0.116. The molecule has 2 unspecified atom stereocenters. The summed E-state index contributed by atoms with van der Waals surface area (Å²) in [6.45, 7) is 2.05. The minimum atomic E-state index is -0.645. The number of hydrogen-bond acceptors (Lipinski definition) is 4. The molecule has 2 aromatic rings. The monoisotopic (exact) mass is 361 g/mol. The van der Waals surface area contributed by atoms with E-state index in [4.69, 9.17) is 4.52 Å². The molecule has 0 saturated heterocycles. The van der Waals surface area contributed by atoms with Crippen LogP contribution in [0.15, 0.2) is 53.2 Å². The van der Waals surface area contributed by atoms with Crippen molar-refractivity contribution in [3.05, 3.63) is 60.0 Å². The first-order chi connectivity index (χ1) is 10.5. The summed E-state index contributed by atoms with van der Waals surface area (Å²) in [5.41, 5.74) is 0.398. The smallest absolute Gasteiger partial charge is 0.157 e. The Morgan fingerprint density at radius 2 is 2.05 bits per heavy atom. The molecule has 1 N–H and O–H groups in total. The molecule has 0 aliphatic heterocycles. The van der Waals surface area contributed by atoms with Crippen LogP contribution in [0.2, 0.25) is 0 Å². The van der Waals surface area contributed by atoms with E-state index in [1.807, 2.05) is 24.3 Å². The van der Waals surface area contributed by atoms with Gasteiger partial charge in [-0.05, 0) is 30.2 Å². The molecule has 0 bridgehead atoms. The summed E-state index contributed by atoms with van der Waals surface area (Å²) in [6, 6.07) is 8.75. The van der Waals surface area contributed by atoms with Gasteiger partial charge in [0.1, 0.15) is 11.5 Å². The van der Waals surface area contributed by atoms with E-state index < -0.39 is 9.74 Å². The highest BCUT2D eigenvalue weighted by molar-refractivity contribution is 9.09. The summed E-state index contributed by atoms with van der Waals surface area (Å²) in [5.74, 6) is 0.955. The zero-order valence-corrected chi connectivity index (χ0v) is 13.7. The number of benzene rings is 1. The number of phenols is 1. The van der Waals surface area contributed by atoms with Gasteiger partial charge < -0.3 is 9.63 Å². The normalized spacial score (nSPS) is 28.0. The maximum absolute atomic E-state index is 12.1. The molecule has 5 heteroatoms. The van der Waals surface area contributed by atoms with Gasteiger partial charge in [-0.3, -0.25) is 4.79 Å². The number of halogens is 1. The summed E-state index contributed by atoms with van der Waals surface area (Å²) in [5, 5.41) is 13.4. The van der Waals surface area contributed by atoms with Crippen LogP contribution in [-0.4, -0.2) is 16.0 Å². The van der Waals surface area contributed by atoms with Gasteiger partial charge in [0.2, 0.25) is 0 Å². The van der Waals surface area contributed by atoms with E-state index in [-0.39, 0.29) is 11.5 Å². The standard InChI is InChI=1S/C17H16BrNO3/c1-2-16(15-8-10-19-22-15)9-7-14(21)11-17(16,18)12-3-5-13(20)6-4-12/h3-10,20H,2,11H2,1H3. The highest BCUT2D eigenvalue weighted by Crippen LogP contribution is 2.56. The minimum Gasteiger partial charge on any atom is -0.508 e. The minimum absolute atomic E-state index is 0.0496. The number of carbonyl (C=O) groups is 1. The summed E-state index contributed by atoms with van der Waals surface area (Å²) >= 11 is 3.83. The second kappa shape index (κ2) is 5.39. The molecule has 0 saturated carbocycles. The van der Waals surface area contributed by atoms with Gasteiger partial charge >= 0.3 is 0 Å². The van der Waals surface area contributed by atoms with Crippen molar-refractivity contribution in [2.75, 3.05) is 0 Å². The number of aromatic hydroxyl groups is 1. The molecular formula is C17H16BrNO3. The molecule has 4 nitrogen and oxygen atoms in total. The van der Waals surface area contributed by atoms with Crippen LogP contribution in [0.3, 0.4) is 0 Å². The zero-order valence-electron chi connectivity index (χ0n) is 12.1. The molecule has 3 rings (SSSR count). The van der Waals surface area contributed by atoms with E-state index in [1.165, 1.54) is 0 Å². The third-order valence-electron chi connectivity index (χ3n) is 4.44. The number of allylic oxidation sites excluding steroid dienone is 2. The summed E-state index contributed by atoms with van der Waals surface area (Å²) in [4.78, 5) is 12.1. The molecule has 22 heavy (non-hydrogen) atoms. The lowest BCUT2D eigenvalue weighted by Crippen LogP contribution is -2.46. The number of rotatable bonds is 3. The molecule has 1 aliphatic carbocycles. The first-order valence-corrected chi connectivity index (χ1v) is 7.93. The number of carbonyl (C=O) groups excluding carboxylic acids is 1. The van der Waals surface area contributed by atoms with E-state index in [2.05, 4.69) is 28.0 Å². The van der Waals surface area contributed by atoms with Crippen LogP contribution in [0.1, 0.15) is 31.1 Å². The van der Waals surface area contributed by atoms with E-state index in [0.717, 1.165) is 12.0 Å². The molecule has 0 fully saturated rings. The van der Waals surface area contributed by atoms with Crippen LogP contribution in [0.5, 0.6) is 5.75 Å². The van der Waals surface area contributed by atoms with Crippen molar-refractivity contribution in [1.82, 2.24) is 5.16 Å². The van der Waals surface area contributed by atoms with Crippen LogP contribution in [0.4, 0.5) is 0 Å². The molecule has 0 amide bonds. The number of nitrogens with zero attached hydrogens (tertiary/aromatic N) is 1. The van der Waals surface area contributed by atoms with Crippen LogP contribution in [-0.2, 0) is 14.5 Å². The fourth-order valence-electron chi connectivity index (χ4n) is 3.20. The lowest BCUT2D eigenvalue weighted by atomic mass is 9.64. The molecule has 1 aliphatic rings. The van der Waals surface area contributed by atoms with Crippen molar-refractivity contribution in [2.45, 2.75) is 29.5 Å². The summed E-state index contributed by atoms with van der Waals surface area (Å²) in [7, 11) is 0. The van der Waals surface area contributed by atoms with Crippen molar-refractivity contribution < 1.29 is 14.4 Å². The van der Waals surface area contributed by atoms with Crippen LogP contribution in [0.25, 0.3) is 0 Å². The Balaban J connectivity index is 2.23. The van der Waals surface area contributed by atoms with Crippen LogP contribution >= 0.6 is 15.9 Å². The molecule has 2 atom stereocenters. The number of ketones is 1. The highest BCUT2D eigenvalue weighted by atomic mass is 79.9. The maximum atomic E-state index is 12.1. The second-order valence-corrected chi connectivity index (χ2v) is 6.88. The van der Waals surface area contributed by atoms with Crippen LogP contribution in [0, 0.1) is 0 Å². The summed E-state index contributed by atoms with van der Waals surface area (Å²) < 4.78 is 4.81. The Bertz CT molecular complexity index is 708. The molecule has 0 spiro atoms.